The molecule has 2 aromatic carbocycles. The number of ether oxygens (including phenoxy) is 1. The monoisotopic (exact) mass is 416 g/mol. The molecular formula is C20H20N2O4S2. The van der Waals surface area contributed by atoms with Gasteiger partial charge in [0.1, 0.15) is 5.75 Å². The van der Waals surface area contributed by atoms with E-state index < -0.39 is 10.0 Å². The summed E-state index contributed by atoms with van der Waals surface area (Å²) < 4.78 is 32.9. The van der Waals surface area contributed by atoms with E-state index in [1.54, 1.807) is 47.7 Å². The van der Waals surface area contributed by atoms with Crippen molar-refractivity contribution in [2.75, 3.05) is 11.8 Å². The van der Waals surface area contributed by atoms with Gasteiger partial charge in [0.2, 0.25) is 0 Å². The Bertz CT molecular complexity index is 1050. The maximum Gasteiger partial charge on any atom is 0.261 e. The maximum absolute atomic E-state index is 12.7. The van der Waals surface area contributed by atoms with E-state index in [0.717, 1.165) is 4.88 Å². The largest absolute Gasteiger partial charge is 0.497 e. The zero-order valence-corrected chi connectivity index (χ0v) is 17.0. The number of methoxy groups -OCH3 is 1. The lowest BCUT2D eigenvalue weighted by molar-refractivity contribution is 0.0940. The number of anilines is 1. The first-order chi connectivity index (χ1) is 13.4. The third-order valence-corrected chi connectivity index (χ3v) is 6.50. The third-order valence-electron chi connectivity index (χ3n) is 4.07. The van der Waals surface area contributed by atoms with Crippen molar-refractivity contribution in [1.29, 1.82) is 0 Å². The molecule has 28 heavy (non-hydrogen) atoms. The first kappa shape index (κ1) is 19.9. The van der Waals surface area contributed by atoms with Crippen LogP contribution >= 0.6 is 11.3 Å². The van der Waals surface area contributed by atoms with Crippen LogP contribution in [-0.4, -0.2) is 21.4 Å². The highest BCUT2D eigenvalue weighted by Gasteiger charge is 2.18. The van der Waals surface area contributed by atoms with Crippen LogP contribution in [-0.2, 0) is 10.0 Å². The van der Waals surface area contributed by atoms with Gasteiger partial charge < -0.3 is 10.1 Å². The normalized spacial score (nSPS) is 12.2. The molecule has 1 heterocycles. The standard InChI is InChI=1S/C20H20N2O4S2/c1-14(19-7-4-12-27-19)21-20(23)15-5-3-6-18(13-15)28(24,25)22-16-8-10-17(26-2)11-9-16/h3-14,22H,1-2H3,(H,21,23). The molecule has 0 aliphatic carbocycles. The van der Waals surface area contributed by atoms with Gasteiger partial charge in [0.25, 0.3) is 15.9 Å². The summed E-state index contributed by atoms with van der Waals surface area (Å²) in [5, 5.41) is 4.82. The van der Waals surface area contributed by atoms with Crippen molar-refractivity contribution in [2.24, 2.45) is 0 Å². The lowest BCUT2D eigenvalue weighted by Crippen LogP contribution is -2.26. The number of benzene rings is 2. The van der Waals surface area contributed by atoms with Crippen molar-refractivity contribution in [2.45, 2.75) is 17.9 Å². The fourth-order valence-electron chi connectivity index (χ4n) is 2.57. The number of rotatable bonds is 7. The summed E-state index contributed by atoms with van der Waals surface area (Å²) in [5.41, 5.74) is 0.683. The molecular weight excluding hydrogens is 396 g/mol. The molecule has 0 fully saturated rings. The van der Waals surface area contributed by atoms with Crippen LogP contribution in [0.1, 0.15) is 28.2 Å². The number of sulfonamides is 1. The van der Waals surface area contributed by atoms with E-state index >= 15 is 0 Å². The van der Waals surface area contributed by atoms with Gasteiger partial charge in [-0.2, -0.15) is 0 Å². The number of hydrogen-bond acceptors (Lipinski definition) is 5. The Hall–Kier alpha value is -2.84. The molecule has 2 N–H and O–H groups in total. The number of thiophene rings is 1. The van der Waals surface area contributed by atoms with Crippen LogP contribution in [0.5, 0.6) is 5.75 Å². The SMILES string of the molecule is COc1ccc(NS(=O)(=O)c2cccc(C(=O)NC(C)c3cccs3)c2)cc1. The van der Waals surface area contributed by atoms with Crippen molar-refractivity contribution in [3.05, 3.63) is 76.5 Å². The first-order valence-electron chi connectivity index (χ1n) is 8.50. The average Bonchev–Trinajstić information content (AvgIpc) is 3.23. The van der Waals surface area contributed by atoms with Crippen LogP contribution in [0.3, 0.4) is 0 Å². The summed E-state index contributed by atoms with van der Waals surface area (Å²) in [4.78, 5) is 13.6. The van der Waals surface area contributed by atoms with E-state index in [-0.39, 0.29) is 22.4 Å². The maximum atomic E-state index is 12.7. The van der Waals surface area contributed by atoms with Crippen LogP contribution in [0.25, 0.3) is 0 Å². The highest BCUT2D eigenvalue weighted by molar-refractivity contribution is 7.92. The van der Waals surface area contributed by atoms with E-state index in [0.29, 0.717) is 11.4 Å². The van der Waals surface area contributed by atoms with Gasteiger partial charge in [0.15, 0.2) is 0 Å². The van der Waals surface area contributed by atoms with Crippen LogP contribution in [0.2, 0.25) is 0 Å². The molecule has 1 atom stereocenters. The van der Waals surface area contributed by atoms with Gasteiger partial charge in [-0.15, -0.1) is 11.3 Å². The summed E-state index contributed by atoms with van der Waals surface area (Å²) in [6, 6.07) is 16.2. The van der Waals surface area contributed by atoms with Crippen molar-refractivity contribution in [1.82, 2.24) is 5.32 Å². The molecule has 3 aromatic rings. The number of carbonyl (C=O) groups excluding carboxylic acids is 1. The van der Waals surface area contributed by atoms with Crippen molar-refractivity contribution in [3.8, 4) is 5.75 Å². The number of carbonyl (C=O) groups is 1. The zero-order chi connectivity index (χ0) is 20.1. The van der Waals surface area contributed by atoms with Crippen LogP contribution < -0.4 is 14.8 Å². The fourth-order valence-corrected chi connectivity index (χ4v) is 4.40. The summed E-state index contributed by atoms with van der Waals surface area (Å²) in [6.45, 7) is 1.88. The molecule has 0 aliphatic heterocycles. The molecule has 0 saturated carbocycles. The second kappa shape index (κ2) is 8.45. The minimum Gasteiger partial charge on any atom is -0.497 e. The van der Waals surface area contributed by atoms with Crippen molar-refractivity contribution in [3.63, 3.8) is 0 Å². The summed E-state index contributed by atoms with van der Waals surface area (Å²) in [6.07, 6.45) is 0. The molecule has 1 amide bonds. The number of amides is 1. The number of nitrogens with one attached hydrogen (secondary N) is 2. The Labute approximate surface area is 168 Å². The van der Waals surface area contributed by atoms with E-state index in [4.69, 9.17) is 4.74 Å². The Kier molecular flexibility index (Phi) is 6.01. The highest BCUT2D eigenvalue weighted by Crippen LogP contribution is 2.21. The lowest BCUT2D eigenvalue weighted by Gasteiger charge is -2.13. The molecule has 146 valence electrons. The van der Waals surface area contributed by atoms with Gasteiger partial charge in [0.05, 0.1) is 18.0 Å². The molecule has 0 spiro atoms. The molecule has 0 aliphatic rings. The summed E-state index contributed by atoms with van der Waals surface area (Å²) >= 11 is 1.55. The third kappa shape index (κ3) is 4.71. The van der Waals surface area contributed by atoms with E-state index in [9.17, 15) is 13.2 Å². The topological polar surface area (TPSA) is 84.5 Å². The van der Waals surface area contributed by atoms with Crippen LogP contribution in [0.4, 0.5) is 5.69 Å². The highest BCUT2D eigenvalue weighted by atomic mass is 32.2. The van der Waals surface area contributed by atoms with Crippen LogP contribution in [0, 0.1) is 0 Å². The molecule has 6 nitrogen and oxygen atoms in total. The lowest BCUT2D eigenvalue weighted by atomic mass is 10.2. The Balaban J connectivity index is 1.76. The van der Waals surface area contributed by atoms with E-state index in [1.807, 2.05) is 24.4 Å². The molecule has 3 rings (SSSR count). The average molecular weight is 417 g/mol. The predicted octanol–water partition coefficient (Wildman–Crippen LogP) is 4.05. The minimum atomic E-state index is -3.83. The smallest absolute Gasteiger partial charge is 0.261 e. The zero-order valence-electron chi connectivity index (χ0n) is 15.4. The minimum absolute atomic E-state index is 0.0137. The fraction of sp³-hybridized carbons (Fsp3) is 0.150. The van der Waals surface area contributed by atoms with Gasteiger partial charge in [-0.25, -0.2) is 8.42 Å². The molecule has 1 aromatic heterocycles. The molecule has 0 saturated heterocycles. The van der Waals surface area contributed by atoms with E-state index in [1.165, 1.54) is 19.2 Å². The Morgan fingerprint density at radius 3 is 2.46 bits per heavy atom. The van der Waals surface area contributed by atoms with Gasteiger partial charge in [-0.3, -0.25) is 9.52 Å². The quantitative estimate of drug-likeness (QED) is 0.609. The van der Waals surface area contributed by atoms with Gasteiger partial charge in [-0.1, -0.05) is 12.1 Å². The molecule has 0 bridgehead atoms. The van der Waals surface area contributed by atoms with Gasteiger partial charge in [0, 0.05) is 16.1 Å². The second-order valence-corrected chi connectivity index (χ2v) is 8.73. The second-order valence-electron chi connectivity index (χ2n) is 6.07. The van der Waals surface area contributed by atoms with Crippen molar-refractivity contribution >= 4 is 33.0 Å². The van der Waals surface area contributed by atoms with Gasteiger partial charge >= 0.3 is 0 Å². The first-order valence-corrected chi connectivity index (χ1v) is 10.9. The summed E-state index contributed by atoms with van der Waals surface area (Å²) in [7, 11) is -2.29. The molecule has 0 radical (unpaired) electrons. The summed E-state index contributed by atoms with van der Waals surface area (Å²) in [5.74, 6) is 0.295. The Morgan fingerprint density at radius 2 is 1.82 bits per heavy atom. The number of hydrogen-bond donors (Lipinski definition) is 2. The van der Waals surface area contributed by atoms with Crippen LogP contribution in [0.15, 0.2) is 70.9 Å². The molecule has 1 unspecified atom stereocenters. The van der Waals surface area contributed by atoms with Gasteiger partial charge in [-0.05, 0) is 60.8 Å². The molecule has 8 heteroatoms. The predicted molar refractivity (Wildman–Crippen MR) is 110 cm³/mol. The Morgan fingerprint density at radius 1 is 1.07 bits per heavy atom. The van der Waals surface area contributed by atoms with E-state index in [2.05, 4.69) is 10.0 Å². The van der Waals surface area contributed by atoms with Crippen molar-refractivity contribution < 1.29 is 17.9 Å².